The van der Waals surface area contributed by atoms with Crippen molar-refractivity contribution in [3.8, 4) is 0 Å². The first-order valence-corrected chi connectivity index (χ1v) is 3.38. The second-order valence-electron chi connectivity index (χ2n) is 2.02. The van der Waals surface area contributed by atoms with Gasteiger partial charge in [-0.1, -0.05) is 0 Å². The van der Waals surface area contributed by atoms with Crippen LogP contribution in [-0.4, -0.2) is 31.2 Å². The van der Waals surface area contributed by atoms with Crippen LogP contribution < -0.4 is 5.32 Å². The number of carbonyl (C=O) groups is 2. The number of esters is 1. The van der Waals surface area contributed by atoms with E-state index in [1.807, 2.05) is 0 Å². The fourth-order valence-electron chi connectivity index (χ4n) is 0.449. The second kappa shape index (κ2) is 4.68. The number of rotatable bonds is 2. The molecule has 0 spiro atoms. The van der Waals surface area contributed by atoms with Gasteiger partial charge in [0.1, 0.15) is 6.54 Å². The van der Waals surface area contributed by atoms with Crippen LogP contribution in [0.25, 0.3) is 0 Å². The third-order valence-electron chi connectivity index (χ3n) is 0.910. The van der Waals surface area contributed by atoms with Gasteiger partial charge in [0.25, 0.3) is 0 Å². The molecule has 0 aromatic heterocycles. The molecule has 0 aliphatic carbocycles. The molecular weight excluding hydrogens is 191 g/mol. The van der Waals surface area contributed by atoms with Crippen molar-refractivity contribution < 1.29 is 27.5 Å². The molecule has 0 fully saturated rings. The molecule has 0 unspecified atom stereocenters. The molecule has 1 N–H and O–H groups in total. The van der Waals surface area contributed by atoms with Gasteiger partial charge in [-0.15, -0.1) is 0 Å². The van der Waals surface area contributed by atoms with E-state index in [9.17, 15) is 22.8 Å². The largest absolute Gasteiger partial charge is 0.459 e. The zero-order valence-corrected chi connectivity index (χ0v) is 6.77. The van der Waals surface area contributed by atoms with E-state index in [0.717, 1.165) is 0 Å². The van der Waals surface area contributed by atoms with Gasteiger partial charge in [0.15, 0.2) is 0 Å². The standard InChI is InChI=1S/C6H8F3NO3/c1-2-13-5(12)4(11)10-3-6(7,8)9/h2-3H2,1H3,(H,10,11). The van der Waals surface area contributed by atoms with Crippen LogP contribution in [0.5, 0.6) is 0 Å². The van der Waals surface area contributed by atoms with E-state index < -0.39 is 24.6 Å². The number of nitrogens with one attached hydrogen (secondary N) is 1. The Morgan fingerprint density at radius 1 is 1.38 bits per heavy atom. The molecule has 76 valence electrons. The van der Waals surface area contributed by atoms with Crippen molar-refractivity contribution in [1.29, 1.82) is 0 Å². The molecule has 13 heavy (non-hydrogen) atoms. The van der Waals surface area contributed by atoms with E-state index >= 15 is 0 Å². The van der Waals surface area contributed by atoms with E-state index in [1.54, 1.807) is 0 Å². The lowest BCUT2D eigenvalue weighted by Gasteiger charge is -2.06. The fraction of sp³-hybridized carbons (Fsp3) is 0.667. The van der Waals surface area contributed by atoms with Crippen LogP contribution in [0.2, 0.25) is 0 Å². The quantitative estimate of drug-likeness (QED) is 0.511. The van der Waals surface area contributed by atoms with Crippen LogP contribution in [0.4, 0.5) is 13.2 Å². The van der Waals surface area contributed by atoms with E-state index in [2.05, 4.69) is 4.74 Å². The zero-order valence-electron chi connectivity index (χ0n) is 6.77. The van der Waals surface area contributed by atoms with Crippen molar-refractivity contribution in [2.45, 2.75) is 13.1 Å². The van der Waals surface area contributed by atoms with Crippen molar-refractivity contribution >= 4 is 11.9 Å². The first-order chi connectivity index (χ1) is 5.87. The maximum atomic E-state index is 11.5. The zero-order chi connectivity index (χ0) is 10.5. The summed E-state index contributed by atoms with van der Waals surface area (Å²) in [5.74, 6) is -2.70. The summed E-state index contributed by atoms with van der Waals surface area (Å²) in [5.41, 5.74) is 0. The fourth-order valence-corrected chi connectivity index (χ4v) is 0.449. The van der Waals surface area contributed by atoms with Gasteiger partial charge in [-0.05, 0) is 6.92 Å². The average Bonchev–Trinajstić information content (AvgIpc) is 1.99. The molecule has 0 rings (SSSR count). The lowest BCUT2D eigenvalue weighted by molar-refractivity contribution is -0.158. The van der Waals surface area contributed by atoms with Crippen LogP contribution >= 0.6 is 0 Å². The SMILES string of the molecule is CCOC(=O)C(=O)NCC(F)(F)F. The van der Waals surface area contributed by atoms with Crippen molar-refractivity contribution in [2.75, 3.05) is 13.2 Å². The topological polar surface area (TPSA) is 55.4 Å². The minimum atomic E-state index is -4.53. The van der Waals surface area contributed by atoms with Crippen LogP contribution in [0.1, 0.15) is 6.92 Å². The molecular formula is C6H8F3NO3. The van der Waals surface area contributed by atoms with Gasteiger partial charge in [-0.2, -0.15) is 13.2 Å². The molecule has 0 bridgehead atoms. The lowest BCUT2D eigenvalue weighted by atomic mass is 10.5. The first kappa shape index (κ1) is 11.7. The molecule has 0 saturated heterocycles. The smallest absolute Gasteiger partial charge is 0.405 e. The van der Waals surface area contributed by atoms with Crippen LogP contribution in [0.15, 0.2) is 0 Å². The van der Waals surface area contributed by atoms with Crippen molar-refractivity contribution in [3.05, 3.63) is 0 Å². The molecule has 0 aliphatic heterocycles. The lowest BCUT2D eigenvalue weighted by Crippen LogP contribution is -2.38. The molecule has 0 heterocycles. The third-order valence-corrected chi connectivity index (χ3v) is 0.910. The number of amides is 1. The predicted octanol–water partition coefficient (Wildman–Crippen LogP) is 0.228. The minimum Gasteiger partial charge on any atom is -0.459 e. The highest BCUT2D eigenvalue weighted by molar-refractivity contribution is 6.32. The molecule has 0 aromatic carbocycles. The first-order valence-electron chi connectivity index (χ1n) is 3.38. The third kappa shape index (κ3) is 5.94. The number of alkyl halides is 3. The van der Waals surface area contributed by atoms with Crippen molar-refractivity contribution in [2.24, 2.45) is 0 Å². The van der Waals surface area contributed by atoms with Gasteiger partial charge in [-0.3, -0.25) is 4.79 Å². The second-order valence-corrected chi connectivity index (χ2v) is 2.02. The van der Waals surface area contributed by atoms with Crippen molar-refractivity contribution in [3.63, 3.8) is 0 Å². The Morgan fingerprint density at radius 3 is 2.31 bits per heavy atom. The summed E-state index contributed by atoms with van der Waals surface area (Å²) in [6, 6.07) is 0. The molecule has 0 atom stereocenters. The number of ether oxygens (including phenoxy) is 1. The minimum absolute atomic E-state index is 0.0573. The summed E-state index contributed by atoms with van der Waals surface area (Å²) in [5, 5.41) is 1.37. The molecule has 0 saturated carbocycles. The highest BCUT2D eigenvalue weighted by atomic mass is 19.4. The number of hydrogen-bond acceptors (Lipinski definition) is 3. The number of halogens is 3. The molecule has 0 aliphatic rings. The normalized spacial score (nSPS) is 10.8. The Hall–Kier alpha value is -1.27. The van der Waals surface area contributed by atoms with Gasteiger partial charge in [0.05, 0.1) is 6.61 Å². The Morgan fingerprint density at radius 2 is 1.92 bits per heavy atom. The van der Waals surface area contributed by atoms with Crippen LogP contribution in [0, 0.1) is 0 Å². The number of hydrogen-bond donors (Lipinski definition) is 1. The summed E-state index contributed by atoms with van der Waals surface area (Å²) in [4.78, 5) is 21.0. The molecule has 0 aromatic rings. The van der Waals surface area contributed by atoms with Crippen molar-refractivity contribution in [1.82, 2.24) is 5.32 Å². The van der Waals surface area contributed by atoms with Gasteiger partial charge >= 0.3 is 18.1 Å². The summed E-state index contributed by atoms with van der Waals surface area (Å²) >= 11 is 0. The van der Waals surface area contributed by atoms with E-state index in [-0.39, 0.29) is 6.61 Å². The molecule has 7 heteroatoms. The van der Waals surface area contributed by atoms with E-state index in [0.29, 0.717) is 0 Å². The van der Waals surface area contributed by atoms with Gasteiger partial charge < -0.3 is 10.1 Å². The Bertz CT molecular complexity index is 202. The molecule has 1 amide bonds. The summed E-state index contributed by atoms with van der Waals surface area (Å²) in [6.07, 6.45) is -4.53. The number of carbonyl (C=O) groups excluding carboxylic acids is 2. The Labute approximate surface area is 72.0 Å². The highest BCUT2D eigenvalue weighted by Crippen LogP contribution is 2.11. The summed E-state index contributed by atoms with van der Waals surface area (Å²) in [6.45, 7) is -0.155. The van der Waals surface area contributed by atoms with Crippen LogP contribution in [-0.2, 0) is 14.3 Å². The van der Waals surface area contributed by atoms with E-state index in [4.69, 9.17) is 0 Å². The van der Waals surface area contributed by atoms with E-state index in [1.165, 1.54) is 12.2 Å². The molecule has 0 radical (unpaired) electrons. The summed E-state index contributed by atoms with van der Waals surface area (Å²) < 4.78 is 38.6. The summed E-state index contributed by atoms with van der Waals surface area (Å²) in [7, 11) is 0. The average molecular weight is 199 g/mol. The van der Waals surface area contributed by atoms with Gasteiger partial charge in [0.2, 0.25) is 0 Å². The van der Waals surface area contributed by atoms with Gasteiger partial charge in [-0.25, -0.2) is 4.79 Å². The van der Waals surface area contributed by atoms with Gasteiger partial charge in [0, 0.05) is 0 Å². The Kier molecular flexibility index (Phi) is 4.22. The van der Waals surface area contributed by atoms with Crippen LogP contribution in [0.3, 0.4) is 0 Å². The predicted molar refractivity (Wildman–Crippen MR) is 35.7 cm³/mol. The highest BCUT2D eigenvalue weighted by Gasteiger charge is 2.29. The maximum Gasteiger partial charge on any atom is 0.405 e. The maximum absolute atomic E-state index is 11.5. The monoisotopic (exact) mass is 199 g/mol. The Balaban J connectivity index is 3.82. The molecule has 4 nitrogen and oxygen atoms in total.